The zero-order chi connectivity index (χ0) is 17.3. The number of hydrogen-bond acceptors (Lipinski definition) is 8. The van der Waals surface area contributed by atoms with Crippen molar-refractivity contribution in [2.75, 3.05) is 18.1 Å². The van der Waals surface area contributed by atoms with Gasteiger partial charge in [-0.1, -0.05) is 11.8 Å². The second-order valence-corrected chi connectivity index (χ2v) is 8.86. The van der Waals surface area contributed by atoms with Crippen molar-refractivity contribution in [1.29, 1.82) is 0 Å². The van der Waals surface area contributed by atoms with Gasteiger partial charge in [-0.2, -0.15) is 0 Å². The van der Waals surface area contributed by atoms with Gasteiger partial charge in [0.05, 0.1) is 29.9 Å². The van der Waals surface area contributed by atoms with E-state index in [9.17, 15) is 13.2 Å². The lowest BCUT2D eigenvalue weighted by Crippen LogP contribution is -2.17. The van der Waals surface area contributed by atoms with Gasteiger partial charge in [0.25, 0.3) is 0 Å². The number of aryl methyl sites for hydroxylation is 1. The van der Waals surface area contributed by atoms with Crippen molar-refractivity contribution in [3.05, 3.63) is 18.1 Å². The summed E-state index contributed by atoms with van der Waals surface area (Å²) >= 11 is 1.24. The first kappa shape index (κ1) is 17.0. The number of sulfone groups is 1. The number of ether oxygens (including phenoxy) is 1. The highest BCUT2D eigenvalue weighted by atomic mass is 32.2. The minimum Gasteiger partial charge on any atom is -0.469 e. The zero-order valence-electron chi connectivity index (χ0n) is 13.3. The molecule has 3 heterocycles. The summed E-state index contributed by atoms with van der Waals surface area (Å²) in [5.74, 6) is 1.22. The van der Waals surface area contributed by atoms with Crippen molar-refractivity contribution in [3.8, 4) is 11.4 Å². The Morgan fingerprint density at radius 1 is 1.54 bits per heavy atom. The summed E-state index contributed by atoms with van der Waals surface area (Å²) < 4.78 is 34.6. The summed E-state index contributed by atoms with van der Waals surface area (Å²) in [6.07, 6.45) is 1.41. The molecule has 130 valence electrons. The van der Waals surface area contributed by atoms with E-state index < -0.39 is 15.9 Å². The van der Waals surface area contributed by atoms with E-state index in [0.29, 0.717) is 28.7 Å². The molecular weight excluding hydrogens is 354 g/mol. The molecule has 1 aliphatic rings. The van der Waals surface area contributed by atoms with Crippen LogP contribution in [0, 0.1) is 6.92 Å². The highest BCUT2D eigenvalue weighted by Crippen LogP contribution is 2.32. The Morgan fingerprint density at radius 3 is 2.92 bits per heavy atom. The second-order valence-electron chi connectivity index (χ2n) is 5.36. The Hall–Kier alpha value is -1.81. The molecule has 0 radical (unpaired) electrons. The van der Waals surface area contributed by atoms with Crippen LogP contribution in [0.3, 0.4) is 0 Å². The average Bonchev–Trinajstić information content (AvgIpc) is 3.19. The van der Waals surface area contributed by atoms with Gasteiger partial charge >= 0.3 is 6.09 Å². The zero-order valence-corrected chi connectivity index (χ0v) is 14.9. The molecule has 0 aromatic carbocycles. The lowest BCUT2D eigenvalue weighted by molar-refractivity contribution is 0.147. The predicted molar refractivity (Wildman–Crippen MR) is 87.8 cm³/mol. The Labute approximate surface area is 143 Å². The van der Waals surface area contributed by atoms with Crippen LogP contribution in [0.5, 0.6) is 0 Å². The van der Waals surface area contributed by atoms with Crippen molar-refractivity contribution in [2.45, 2.75) is 30.7 Å². The number of hydrogen-bond donors (Lipinski definition) is 0. The van der Waals surface area contributed by atoms with E-state index in [4.69, 9.17) is 9.15 Å². The standard InChI is InChI=1S/C14H17N3O5S2/c1-3-21-14(18)17-13(23-10-5-7-24(19,20)8-10)15-12(16-17)11-4-6-22-9(11)2/h4,6,10H,3,5,7-8H2,1-2H3. The third kappa shape index (κ3) is 3.48. The normalized spacial score (nSPS) is 19.5. The Morgan fingerprint density at radius 2 is 2.33 bits per heavy atom. The topological polar surface area (TPSA) is 104 Å². The summed E-state index contributed by atoms with van der Waals surface area (Å²) in [6.45, 7) is 3.68. The third-order valence-corrected chi connectivity index (χ3v) is 6.77. The molecule has 10 heteroatoms. The molecule has 0 spiro atoms. The summed E-state index contributed by atoms with van der Waals surface area (Å²) in [5, 5.41) is 4.39. The van der Waals surface area contributed by atoms with Crippen molar-refractivity contribution in [1.82, 2.24) is 14.8 Å². The molecule has 0 amide bonds. The smallest absolute Gasteiger partial charge is 0.437 e. The molecule has 2 aromatic rings. The minimum absolute atomic E-state index is 0.0768. The SMILES string of the molecule is CCOC(=O)n1nc(-c2ccoc2C)nc1SC1CCS(=O)(=O)C1. The fraction of sp³-hybridized carbons (Fsp3) is 0.500. The molecule has 2 aromatic heterocycles. The van der Waals surface area contributed by atoms with Crippen LogP contribution >= 0.6 is 11.8 Å². The van der Waals surface area contributed by atoms with E-state index in [2.05, 4.69) is 10.1 Å². The number of rotatable bonds is 4. The van der Waals surface area contributed by atoms with Gasteiger partial charge in [-0.05, 0) is 26.3 Å². The maximum atomic E-state index is 12.1. The number of aromatic nitrogens is 3. The molecule has 1 aliphatic heterocycles. The summed E-state index contributed by atoms with van der Waals surface area (Å²) in [4.78, 5) is 16.5. The van der Waals surface area contributed by atoms with Gasteiger partial charge < -0.3 is 9.15 Å². The van der Waals surface area contributed by atoms with Gasteiger partial charge in [0, 0.05) is 5.25 Å². The lowest BCUT2D eigenvalue weighted by Gasteiger charge is -2.07. The number of carbonyl (C=O) groups is 1. The monoisotopic (exact) mass is 371 g/mol. The van der Waals surface area contributed by atoms with Crippen molar-refractivity contribution >= 4 is 27.7 Å². The summed E-state index contributed by atoms with van der Waals surface area (Å²) in [7, 11) is -3.01. The fourth-order valence-electron chi connectivity index (χ4n) is 2.41. The summed E-state index contributed by atoms with van der Waals surface area (Å²) in [5.41, 5.74) is 0.680. The highest BCUT2D eigenvalue weighted by molar-refractivity contribution is 8.01. The predicted octanol–water partition coefficient (Wildman–Crippen LogP) is 2.13. The Bertz CT molecular complexity index is 856. The number of nitrogens with zero attached hydrogens (tertiary/aromatic N) is 3. The Kier molecular flexibility index (Phi) is 4.68. The molecular formula is C14H17N3O5S2. The van der Waals surface area contributed by atoms with Gasteiger partial charge in [-0.25, -0.2) is 18.2 Å². The van der Waals surface area contributed by atoms with Gasteiger partial charge in [-0.15, -0.1) is 9.78 Å². The molecule has 3 rings (SSSR count). The Balaban J connectivity index is 1.92. The lowest BCUT2D eigenvalue weighted by atomic mass is 10.2. The van der Waals surface area contributed by atoms with Gasteiger partial charge in [-0.3, -0.25) is 0 Å². The van der Waals surface area contributed by atoms with Crippen LogP contribution in [0.1, 0.15) is 19.1 Å². The second kappa shape index (κ2) is 6.60. The van der Waals surface area contributed by atoms with Gasteiger partial charge in [0.2, 0.25) is 0 Å². The fourth-order valence-corrected chi connectivity index (χ4v) is 5.89. The molecule has 1 unspecified atom stereocenters. The maximum Gasteiger partial charge on any atom is 0.437 e. The van der Waals surface area contributed by atoms with Crippen molar-refractivity contribution in [2.24, 2.45) is 0 Å². The molecule has 1 saturated heterocycles. The van der Waals surface area contributed by atoms with Crippen LogP contribution in [-0.2, 0) is 14.6 Å². The highest BCUT2D eigenvalue weighted by Gasteiger charge is 2.31. The van der Waals surface area contributed by atoms with Crippen LogP contribution in [0.25, 0.3) is 11.4 Å². The third-order valence-electron chi connectivity index (χ3n) is 3.58. The number of furan rings is 1. The number of carbonyl (C=O) groups excluding carboxylic acids is 1. The maximum absolute atomic E-state index is 12.1. The molecule has 0 N–H and O–H groups in total. The van der Waals surface area contributed by atoms with Crippen LogP contribution in [0.4, 0.5) is 4.79 Å². The van der Waals surface area contributed by atoms with E-state index in [1.54, 1.807) is 19.9 Å². The molecule has 8 nitrogen and oxygen atoms in total. The molecule has 1 atom stereocenters. The molecule has 0 aliphatic carbocycles. The van der Waals surface area contributed by atoms with Crippen molar-refractivity contribution < 1.29 is 22.4 Å². The van der Waals surface area contributed by atoms with E-state index in [0.717, 1.165) is 4.68 Å². The average molecular weight is 371 g/mol. The first-order valence-electron chi connectivity index (χ1n) is 7.45. The van der Waals surface area contributed by atoms with Crippen LogP contribution in [0.15, 0.2) is 21.9 Å². The van der Waals surface area contributed by atoms with Crippen molar-refractivity contribution in [3.63, 3.8) is 0 Å². The first-order valence-corrected chi connectivity index (χ1v) is 10.2. The number of thioether (sulfide) groups is 1. The summed E-state index contributed by atoms with van der Waals surface area (Å²) in [6, 6.07) is 1.72. The largest absolute Gasteiger partial charge is 0.469 e. The van der Waals surface area contributed by atoms with E-state index >= 15 is 0 Å². The van der Waals surface area contributed by atoms with E-state index in [-0.39, 0.29) is 23.4 Å². The molecule has 24 heavy (non-hydrogen) atoms. The van der Waals surface area contributed by atoms with E-state index in [1.807, 2.05) is 0 Å². The molecule has 0 bridgehead atoms. The van der Waals surface area contributed by atoms with Crippen LogP contribution < -0.4 is 0 Å². The van der Waals surface area contributed by atoms with E-state index in [1.165, 1.54) is 18.0 Å². The van der Waals surface area contributed by atoms with Gasteiger partial charge in [0.1, 0.15) is 5.76 Å². The molecule has 0 saturated carbocycles. The quantitative estimate of drug-likeness (QED) is 0.805. The van der Waals surface area contributed by atoms with Gasteiger partial charge in [0.15, 0.2) is 20.8 Å². The van der Waals surface area contributed by atoms with Crippen LogP contribution in [-0.4, -0.2) is 52.6 Å². The molecule has 1 fully saturated rings. The minimum atomic E-state index is -3.01. The first-order chi connectivity index (χ1) is 11.4. The van der Waals surface area contributed by atoms with Crippen LogP contribution in [0.2, 0.25) is 0 Å².